The fourth-order valence-electron chi connectivity index (χ4n) is 0.919. The Labute approximate surface area is 153 Å². The minimum absolute atomic E-state index is 0. The zero-order valence-corrected chi connectivity index (χ0v) is 14.1. The summed E-state index contributed by atoms with van der Waals surface area (Å²) in [6.07, 6.45) is 2.90. The van der Waals surface area contributed by atoms with Gasteiger partial charge in [0.05, 0.1) is 20.1 Å². The van der Waals surface area contributed by atoms with Crippen molar-refractivity contribution in [2.45, 2.75) is 7.43 Å². The molecule has 22 heavy (non-hydrogen) atoms. The van der Waals surface area contributed by atoms with E-state index in [1.165, 1.54) is 12.4 Å². The Kier molecular flexibility index (Phi) is 13.9. The Balaban J connectivity index is 0. The number of nitrogens with two attached hydrogens (primary N) is 3. The monoisotopic (exact) mass is 406 g/mol. The summed E-state index contributed by atoms with van der Waals surface area (Å²) in [4.78, 5) is 7.48. The molecule has 0 amide bonds. The minimum atomic E-state index is 0. The highest BCUT2D eigenvalue weighted by Crippen LogP contribution is 2.22. The van der Waals surface area contributed by atoms with Crippen LogP contribution in [0.5, 0.6) is 0 Å². The van der Waals surface area contributed by atoms with Crippen LogP contribution in [0.3, 0.4) is 0 Å². The van der Waals surface area contributed by atoms with Crippen LogP contribution in [-0.4, -0.2) is 9.97 Å². The summed E-state index contributed by atoms with van der Waals surface area (Å²) in [5.74, 6) is 13.5. The van der Waals surface area contributed by atoms with E-state index in [-0.39, 0.29) is 12.6 Å². The number of nitrogen functional groups attached to an aromatic ring is 1. The van der Waals surface area contributed by atoms with E-state index in [1.54, 1.807) is 12.1 Å². The van der Waals surface area contributed by atoms with Gasteiger partial charge < -0.3 is 5.43 Å². The zero-order chi connectivity index (χ0) is 16.4. The Morgan fingerprint density at radius 2 is 1.27 bits per heavy atom. The van der Waals surface area contributed by atoms with Crippen LogP contribution in [0.1, 0.15) is 7.43 Å². The molecule has 6 nitrogen and oxygen atoms in total. The molecule has 0 saturated carbocycles. The number of hydrogen-bond acceptors (Lipinski definition) is 6. The molecule has 124 valence electrons. The quantitative estimate of drug-likeness (QED) is 0.320. The molecule has 0 atom stereocenters. The lowest BCUT2D eigenvalue weighted by atomic mass is 10.5. The van der Waals surface area contributed by atoms with E-state index in [1.807, 2.05) is 0 Å². The first-order chi connectivity index (χ1) is 9.93. The summed E-state index contributed by atoms with van der Waals surface area (Å²) in [7, 11) is 0. The molecule has 0 spiro atoms. The lowest BCUT2D eigenvalue weighted by Crippen LogP contribution is -2.08. The molecule has 0 fully saturated rings. The molecule has 0 radical (unpaired) electrons. The second kappa shape index (κ2) is 12.9. The molecule has 0 aromatic carbocycles. The number of hydrogen-bond donors (Lipinski definition) is 4. The topological polar surface area (TPSA) is 116 Å². The Morgan fingerprint density at radius 3 is 1.64 bits per heavy atom. The van der Waals surface area contributed by atoms with Gasteiger partial charge in [0.2, 0.25) is 0 Å². The van der Waals surface area contributed by atoms with Crippen molar-refractivity contribution in [1.82, 2.24) is 9.97 Å². The van der Waals surface area contributed by atoms with Gasteiger partial charge in [0.15, 0.2) is 5.82 Å². The molecular weight excluding hydrogens is 393 g/mol. The van der Waals surface area contributed by atoms with Crippen LogP contribution < -0.4 is 23.0 Å². The van der Waals surface area contributed by atoms with E-state index in [0.29, 0.717) is 25.9 Å². The lowest BCUT2D eigenvalue weighted by molar-refractivity contribution is 1.23. The number of pyridine rings is 2. The molecule has 7 N–H and O–H groups in total. The lowest BCUT2D eigenvalue weighted by Gasteiger charge is -1.99. The molecule has 0 bridgehead atoms. The number of rotatable bonds is 1. The van der Waals surface area contributed by atoms with Gasteiger partial charge in [-0.2, -0.15) is 0 Å². The molecule has 0 aliphatic heterocycles. The molecule has 2 aromatic heterocycles. The highest BCUT2D eigenvalue weighted by atomic mass is 35.5. The van der Waals surface area contributed by atoms with Crippen LogP contribution in [0.15, 0.2) is 24.5 Å². The number of halogens is 5. The van der Waals surface area contributed by atoms with Crippen molar-refractivity contribution in [2.75, 3.05) is 5.43 Å². The standard InChI is InChI=1S/C5H2Cl3N.C5H5Cl2N3.CH4.H4N2/c6-3-1-4(7)5(8)9-2-3;6-3-1-4(7)5(10-8)9-2-3;;1-2/h1-2H;1-2H,8H2,(H,9,10);1H4;1-2H2. The maximum atomic E-state index is 5.64. The molecule has 0 saturated heterocycles. The van der Waals surface area contributed by atoms with Crippen molar-refractivity contribution in [3.05, 3.63) is 49.8 Å². The van der Waals surface area contributed by atoms with E-state index < -0.39 is 0 Å². The van der Waals surface area contributed by atoms with Crippen LogP contribution in [0.25, 0.3) is 0 Å². The van der Waals surface area contributed by atoms with Gasteiger partial charge in [-0.1, -0.05) is 65.4 Å². The normalized spacial score (nSPS) is 8.55. The second-order valence-electron chi connectivity index (χ2n) is 3.05. The molecule has 0 unspecified atom stereocenters. The van der Waals surface area contributed by atoms with Crippen molar-refractivity contribution in [1.29, 1.82) is 0 Å². The van der Waals surface area contributed by atoms with E-state index in [2.05, 4.69) is 27.1 Å². The molecule has 2 heterocycles. The van der Waals surface area contributed by atoms with Gasteiger partial charge in [-0.05, 0) is 12.1 Å². The molecule has 2 aromatic rings. The Morgan fingerprint density at radius 1 is 0.818 bits per heavy atom. The van der Waals surface area contributed by atoms with Crippen molar-refractivity contribution in [3.8, 4) is 0 Å². The highest BCUT2D eigenvalue weighted by molar-refractivity contribution is 6.42. The fourth-order valence-corrected chi connectivity index (χ4v) is 1.84. The van der Waals surface area contributed by atoms with E-state index in [0.717, 1.165) is 0 Å². The van der Waals surface area contributed by atoms with Crippen molar-refractivity contribution in [2.24, 2.45) is 17.5 Å². The van der Waals surface area contributed by atoms with Crippen LogP contribution in [0.2, 0.25) is 25.2 Å². The van der Waals surface area contributed by atoms with Gasteiger partial charge in [0.1, 0.15) is 5.15 Å². The van der Waals surface area contributed by atoms with Gasteiger partial charge in [-0.15, -0.1) is 0 Å². The molecular formula is C11H15Cl5N6. The summed E-state index contributed by atoms with van der Waals surface area (Å²) in [6.45, 7) is 0. The van der Waals surface area contributed by atoms with Gasteiger partial charge in [0.25, 0.3) is 0 Å². The first kappa shape index (κ1) is 23.7. The first-order valence-electron chi connectivity index (χ1n) is 5.01. The summed E-state index contributed by atoms with van der Waals surface area (Å²) in [5, 5.41) is 2.05. The summed E-state index contributed by atoms with van der Waals surface area (Å²) in [5.41, 5.74) is 2.32. The van der Waals surface area contributed by atoms with Crippen molar-refractivity contribution < 1.29 is 0 Å². The van der Waals surface area contributed by atoms with Crippen LogP contribution >= 0.6 is 58.0 Å². The number of anilines is 1. The fraction of sp³-hybridized carbons (Fsp3) is 0.0909. The van der Waals surface area contributed by atoms with E-state index in [4.69, 9.17) is 63.8 Å². The van der Waals surface area contributed by atoms with E-state index in [9.17, 15) is 0 Å². The van der Waals surface area contributed by atoms with Crippen LogP contribution in [0, 0.1) is 0 Å². The molecule has 0 aliphatic carbocycles. The zero-order valence-electron chi connectivity index (χ0n) is 10.3. The highest BCUT2D eigenvalue weighted by Gasteiger charge is 1.98. The maximum Gasteiger partial charge on any atom is 0.158 e. The number of hydrazine groups is 2. The Bertz CT molecular complexity index is 569. The van der Waals surface area contributed by atoms with Crippen LogP contribution in [0.4, 0.5) is 5.82 Å². The third-order valence-corrected chi connectivity index (χ3v) is 3.09. The molecule has 2 rings (SSSR count). The average molecular weight is 409 g/mol. The smallest absolute Gasteiger partial charge is 0.158 e. The van der Waals surface area contributed by atoms with Gasteiger partial charge >= 0.3 is 0 Å². The van der Waals surface area contributed by atoms with Gasteiger partial charge in [-0.25, -0.2) is 15.8 Å². The summed E-state index contributed by atoms with van der Waals surface area (Å²) in [6, 6.07) is 3.10. The van der Waals surface area contributed by atoms with Crippen molar-refractivity contribution >= 4 is 63.8 Å². The van der Waals surface area contributed by atoms with Crippen LogP contribution in [-0.2, 0) is 0 Å². The number of nitrogens with one attached hydrogen (secondary N) is 1. The van der Waals surface area contributed by atoms with E-state index >= 15 is 0 Å². The van der Waals surface area contributed by atoms with Gasteiger partial charge in [-0.3, -0.25) is 11.7 Å². The molecule has 0 aliphatic rings. The second-order valence-corrected chi connectivity index (χ2v) is 5.10. The van der Waals surface area contributed by atoms with Gasteiger partial charge in [0, 0.05) is 12.4 Å². The first-order valence-corrected chi connectivity index (χ1v) is 6.90. The number of nitrogens with zero attached hydrogens (tertiary/aromatic N) is 2. The predicted octanol–water partition coefficient (Wildman–Crippen LogP) is 4.17. The average Bonchev–Trinajstić information content (AvgIpc) is 2.46. The SMILES string of the molecule is C.Clc1cnc(Cl)c(Cl)c1.NN.NNc1ncc(Cl)cc1Cl. The largest absolute Gasteiger partial charge is 0.307 e. The minimum Gasteiger partial charge on any atom is -0.307 e. The van der Waals surface area contributed by atoms with Crippen molar-refractivity contribution in [3.63, 3.8) is 0 Å². The predicted molar refractivity (Wildman–Crippen MR) is 96.4 cm³/mol. The summed E-state index contributed by atoms with van der Waals surface area (Å²) >= 11 is 27.7. The third kappa shape index (κ3) is 8.77. The third-order valence-electron chi connectivity index (χ3n) is 1.71. The molecule has 11 heteroatoms. The maximum absolute atomic E-state index is 5.64. The summed E-state index contributed by atoms with van der Waals surface area (Å²) < 4.78 is 0. The number of aromatic nitrogens is 2. The Hall–Kier alpha value is -0.570.